The second-order valence-corrected chi connectivity index (χ2v) is 5.53. The minimum atomic E-state index is -0.155. The van der Waals surface area contributed by atoms with Gasteiger partial charge in [0, 0.05) is 13.1 Å². The molecular weight excluding hydrogens is 266 g/mol. The minimum absolute atomic E-state index is 0.155. The smallest absolute Gasteiger partial charge is 0.314 e. The van der Waals surface area contributed by atoms with Crippen molar-refractivity contribution in [2.24, 2.45) is 0 Å². The highest BCUT2D eigenvalue weighted by atomic mass is 16.5. The molecule has 5 heteroatoms. The lowest BCUT2D eigenvalue weighted by Crippen LogP contribution is -2.40. The van der Waals surface area contributed by atoms with Crippen LogP contribution in [0.5, 0.6) is 5.75 Å². The molecule has 2 amide bonds. The van der Waals surface area contributed by atoms with Gasteiger partial charge in [-0.15, -0.1) is 0 Å². The zero-order chi connectivity index (χ0) is 15.7. The normalized spacial score (nSPS) is 10.8. The van der Waals surface area contributed by atoms with Crippen LogP contribution >= 0.6 is 0 Å². The van der Waals surface area contributed by atoms with Crippen molar-refractivity contribution in [1.29, 1.82) is 0 Å². The topological polar surface area (TPSA) is 53.6 Å². The Morgan fingerprint density at radius 3 is 2.52 bits per heavy atom. The van der Waals surface area contributed by atoms with Gasteiger partial charge in [0.05, 0.1) is 6.54 Å². The Balaban J connectivity index is 2.24. The van der Waals surface area contributed by atoms with Crippen molar-refractivity contribution in [2.75, 3.05) is 40.3 Å². The number of rotatable bonds is 8. The number of nitrogens with zero attached hydrogens (tertiary/aromatic N) is 1. The third-order valence-electron chi connectivity index (χ3n) is 3.03. The van der Waals surface area contributed by atoms with Gasteiger partial charge in [-0.3, -0.25) is 0 Å². The van der Waals surface area contributed by atoms with Crippen molar-refractivity contribution in [3.8, 4) is 5.75 Å². The number of urea groups is 1. The van der Waals surface area contributed by atoms with Crippen LogP contribution in [0.4, 0.5) is 4.79 Å². The van der Waals surface area contributed by atoms with Gasteiger partial charge in [-0.05, 0) is 31.6 Å². The van der Waals surface area contributed by atoms with Crippen LogP contribution in [-0.2, 0) is 0 Å². The van der Waals surface area contributed by atoms with Crippen molar-refractivity contribution < 1.29 is 9.53 Å². The van der Waals surface area contributed by atoms with Crippen molar-refractivity contribution in [2.45, 2.75) is 19.8 Å². The molecule has 1 aromatic rings. The van der Waals surface area contributed by atoms with E-state index in [4.69, 9.17) is 4.74 Å². The molecule has 0 bridgehead atoms. The number of amides is 2. The molecule has 0 aliphatic carbocycles. The molecule has 2 N–H and O–H groups in total. The van der Waals surface area contributed by atoms with Gasteiger partial charge in [0.1, 0.15) is 12.4 Å². The second-order valence-electron chi connectivity index (χ2n) is 5.53. The van der Waals surface area contributed by atoms with Crippen LogP contribution < -0.4 is 15.4 Å². The zero-order valence-corrected chi connectivity index (χ0v) is 13.5. The Kier molecular flexibility index (Phi) is 7.61. The molecule has 1 rings (SSSR count). The third kappa shape index (κ3) is 6.99. The van der Waals surface area contributed by atoms with Gasteiger partial charge >= 0.3 is 6.03 Å². The van der Waals surface area contributed by atoms with Crippen LogP contribution in [0.15, 0.2) is 24.3 Å². The lowest BCUT2D eigenvalue weighted by Gasteiger charge is -2.14. The highest BCUT2D eigenvalue weighted by molar-refractivity contribution is 5.73. The SMILES string of the molecule is CC(C)c1ccccc1OCCNC(=O)NCCN(C)C. The van der Waals surface area contributed by atoms with Crippen molar-refractivity contribution in [3.63, 3.8) is 0 Å². The molecule has 0 heterocycles. The number of hydrogen-bond acceptors (Lipinski definition) is 3. The average Bonchev–Trinajstić information content (AvgIpc) is 2.43. The fourth-order valence-corrected chi connectivity index (χ4v) is 1.87. The molecule has 0 aliphatic heterocycles. The molecule has 0 aromatic heterocycles. The number of benzene rings is 1. The van der Waals surface area contributed by atoms with Gasteiger partial charge in [-0.2, -0.15) is 0 Å². The number of para-hydroxylation sites is 1. The lowest BCUT2D eigenvalue weighted by atomic mass is 10.0. The van der Waals surface area contributed by atoms with E-state index in [1.54, 1.807) is 0 Å². The quantitative estimate of drug-likeness (QED) is 0.721. The summed E-state index contributed by atoms with van der Waals surface area (Å²) in [7, 11) is 3.94. The van der Waals surface area contributed by atoms with E-state index in [9.17, 15) is 4.79 Å². The first-order valence-corrected chi connectivity index (χ1v) is 7.39. The van der Waals surface area contributed by atoms with E-state index in [1.165, 1.54) is 5.56 Å². The molecule has 0 fully saturated rings. The number of ether oxygens (including phenoxy) is 1. The predicted molar refractivity (Wildman–Crippen MR) is 86.0 cm³/mol. The summed E-state index contributed by atoms with van der Waals surface area (Å²) in [6, 6.07) is 7.85. The van der Waals surface area contributed by atoms with Gasteiger partial charge < -0.3 is 20.3 Å². The zero-order valence-electron chi connectivity index (χ0n) is 13.5. The van der Waals surface area contributed by atoms with Gasteiger partial charge in [0.2, 0.25) is 0 Å². The number of carbonyl (C=O) groups is 1. The Morgan fingerprint density at radius 2 is 1.86 bits per heavy atom. The summed E-state index contributed by atoms with van der Waals surface area (Å²) in [6.45, 7) is 6.68. The molecule has 0 atom stereocenters. The summed E-state index contributed by atoms with van der Waals surface area (Å²) in [5.74, 6) is 1.31. The molecule has 21 heavy (non-hydrogen) atoms. The van der Waals surface area contributed by atoms with E-state index in [1.807, 2.05) is 37.2 Å². The average molecular weight is 293 g/mol. The van der Waals surface area contributed by atoms with Crippen LogP contribution in [-0.4, -0.2) is 51.3 Å². The van der Waals surface area contributed by atoms with Gasteiger partial charge in [0.15, 0.2) is 0 Å². The molecule has 118 valence electrons. The Labute approximate surface area is 127 Å². The summed E-state index contributed by atoms with van der Waals surface area (Å²) in [4.78, 5) is 13.5. The first kappa shape index (κ1) is 17.3. The molecule has 0 aliphatic rings. The fourth-order valence-electron chi connectivity index (χ4n) is 1.87. The maximum atomic E-state index is 11.5. The fraction of sp³-hybridized carbons (Fsp3) is 0.562. The summed E-state index contributed by atoms with van der Waals surface area (Å²) in [5.41, 5.74) is 1.19. The van der Waals surface area contributed by atoms with Crippen LogP contribution in [0, 0.1) is 0 Å². The molecule has 0 spiro atoms. The predicted octanol–water partition coefficient (Wildman–Crippen LogP) is 2.05. The standard InChI is InChI=1S/C16H27N3O2/c1-13(2)14-7-5-6-8-15(14)21-12-10-18-16(20)17-9-11-19(3)4/h5-8,13H,9-12H2,1-4H3,(H2,17,18,20). The first-order chi connectivity index (χ1) is 10.0. The number of hydrogen-bond donors (Lipinski definition) is 2. The highest BCUT2D eigenvalue weighted by Crippen LogP contribution is 2.25. The van der Waals surface area contributed by atoms with E-state index in [2.05, 4.69) is 30.5 Å². The Morgan fingerprint density at radius 1 is 1.19 bits per heavy atom. The van der Waals surface area contributed by atoms with Crippen LogP contribution in [0.3, 0.4) is 0 Å². The van der Waals surface area contributed by atoms with Crippen molar-refractivity contribution >= 4 is 6.03 Å². The summed E-state index contributed by atoms with van der Waals surface area (Å²) < 4.78 is 5.74. The molecule has 0 radical (unpaired) electrons. The summed E-state index contributed by atoms with van der Waals surface area (Å²) in [6.07, 6.45) is 0. The van der Waals surface area contributed by atoms with Crippen LogP contribution in [0.2, 0.25) is 0 Å². The second kappa shape index (κ2) is 9.23. The molecule has 5 nitrogen and oxygen atoms in total. The summed E-state index contributed by atoms with van der Waals surface area (Å²) in [5, 5.41) is 5.58. The minimum Gasteiger partial charge on any atom is -0.491 e. The van der Waals surface area contributed by atoms with E-state index in [-0.39, 0.29) is 6.03 Å². The highest BCUT2D eigenvalue weighted by Gasteiger charge is 2.06. The third-order valence-corrected chi connectivity index (χ3v) is 3.03. The number of nitrogens with one attached hydrogen (secondary N) is 2. The van der Waals surface area contributed by atoms with E-state index in [0.29, 0.717) is 25.6 Å². The van der Waals surface area contributed by atoms with Crippen molar-refractivity contribution in [3.05, 3.63) is 29.8 Å². The maximum Gasteiger partial charge on any atom is 0.314 e. The maximum absolute atomic E-state index is 11.5. The Bertz CT molecular complexity index is 433. The van der Waals surface area contributed by atoms with Gasteiger partial charge in [-0.1, -0.05) is 32.0 Å². The first-order valence-electron chi connectivity index (χ1n) is 7.39. The van der Waals surface area contributed by atoms with Gasteiger partial charge in [-0.25, -0.2) is 4.79 Å². The molecule has 0 saturated carbocycles. The molecule has 1 aromatic carbocycles. The largest absolute Gasteiger partial charge is 0.491 e. The van der Waals surface area contributed by atoms with Gasteiger partial charge in [0.25, 0.3) is 0 Å². The number of carbonyl (C=O) groups excluding carboxylic acids is 1. The molecule has 0 unspecified atom stereocenters. The molecule has 0 saturated heterocycles. The Hall–Kier alpha value is -1.75. The van der Waals surface area contributed by atoms with E-state index in [0.717, 1.165) is 12.3 Å². The molecular formula is C16H27N3O2. The van der Waals surface area contributed by atoms with Crippen molar-refractivity contribution in [1.82, 2.24) is 15.5 Å². The lowest BCUT2D eigenvalue weighted by molar-refractivity contribution is 0.235. The van der Waals surface area contributed by atoms with Crippen LogP contribution in [0.1, 0.15) is 25.3 Å². The summed E-state index contributed by atoms with van der Waals surface area (Å²) >= 11 is 0. The van der Waals surface area contributed by atoms with E-state index >= 15 is 0 Å². The monoisotopic (exact) mass is 293 g/mol. The van der Waals surface area contributed by atoms with E-state index < -0.39 is 0 Å². The number of likely N-dealkylation sites (N-methyl/N-ethyl adjacent to an activating group) is 1. The van der Waals surface area contributed by atoms with Crippen LogP contribution in [0.25, 0.3) is 0 Å².